The number of hydrogen-bond acceptors (Lipinski definition) is 8. The van der Waals surface area contributed by atoms with Crippen molar-refractivity contribution in [2.24, 2.45) is 0 Å². The smallest absolute Gasteiger partial charge is 0.258 e. The fraction of sp³-hybridized carbons (Fsp3) is 0.240. The van der Waals surface area contributed by atoms with Crippen molar-refractivity contribution >= 4 is 17.8 Å². The van der Waals surface area contributed by atoms with Crippen LogP contribution in [-0.2, 0) is 11.3 Å². The van der Waals surface area contributed by atoms with E-state index in [0.29, 0.717) is 53.0 Å². The van der Waals surface area contributed by atoms with Crippen molar-refractivity contribution in [1.29, 1.82) is 0 Å². The molecule has 1 amide bonds. The van der Waals surface area contributed by atoms with Crippen LogP contribution in [-0.4, -0.2) is 55.7 Å². The highest BCUT2D eigenvalue weighted by molar-refractivity contribution is 6.14. The number of methoxy groups -OCH3 is 3. The molecule has 3 aromatic rings. The maximum Gasteiger partial charge on any atom is 0.258 e. The predicted molar refractivity (Wildman–Crippen MR) is 126 cm³/mol. The van der Waals surface area contributed by atoms with Gasteiger partial charge < -0.3 is 33.6 Å². The molecule has 10 nitrogen and oxygen atoms in total. The Morgan fingerprint density at radius 3 is 2.66 bits per heavy atom. The van der Waals surface area contributed by atoms with E-state index < -0.39 is 0 Å². The second kappa shape index (κ2) is 10.6. The minimum absolute atomic E-state index is 0.125. The van der Waals surface area contributed by atoms with Crippen LogP contribution in [0.1, 0.15) is 15.9 Å². The second-order valence-corrected chi connectivity index (χ2v) is 7.46. The zero-order valence-corrected chi connectivity index (χ0v) is 19.6. The summed E-state index contributed by atoms with van der Waals surface area (Å²) in [6, 6.07) is 8.27. The highest BCUT2D eigenvalue weighted by Gasteiger charge is 2.28. The maximum absolute atomic E-state index is 12.9. The van der Waals surface area contributed by atoms with Crippen molar-refractivity contribution in [3.05, 3.63) is 65.9 Å². The van der Waals surface area contributed by atoms with E-state index in [-0.39, 0.29) is 24.1 Å². The van der Waals surface area contributed by atoms with Crippen molar-refractivity contribution in [1.82, 2.24) is 14.9 Å². The lowest BCUT2D eigenvalue weighted by Crippen LogP contribution is -2.31. The summed E-state index contributed by atoms with van der Waals surface area (Å²) >= 11 is 0. The average Bonchev–Trinajstić information content (AvgIpc) is 3.50. The molecule has 0 saturated heterocycles. The zero-order chi connectivity index (χ0) is 24.8. The van der Waals surface area contributed by atoms with E-state index in [2.05, 4.69) is 10.3 Å². The van der Waals surface area contributed by atoms with Crippen molar-refractivity contribution in [3.63, 3.8) is 0 Å². The molecule has 0 fully saturated rings. The van der Waals surface area contributed by atoms with E-state index in [0.717, 1.165) is 0 Å². The molecule has 35 heavy (non-hydrogen) atoms. The van der Waals surface area contributed by atoms with Gasteiger partial charge in [-0.2, -0.15) is 0 Å². The Labute approximate surface area is 202 Å². The van der Waals surface area contributed by atoms with Crippen LogP contribution in [0.15, 0.2) is 54.8 Å². The van der Waals surface area contributed by atoms with Gasteiger partial charge in [0, 0.05) is 37.1 Å². The van der Waals surface area contributed by atoms with E-state index >= 15 is 0 Å². The number of allylic oxidation sites excluding steroid dienone is 1. The molecule has 0 spiro atoms. The number of carbonyl (C=O) groups is 2. The Morgan fingerprint density at radius 1 is 1.11 bits per heavy atom. The third kappa shape index (κ3) is 5.21. The number of fused-ring (bicyclic) bond motifs is 1. The van der Waals surface area contributed by atoms with E-state index in [1.807, 2.05) is 10.8 Å². The zero-order valence-electron chi connectivity index (χ0n) is 19.6. The normalized spacial score (nSPS) is 13.2. The number of Topliss-reactive ketones (excluding diaryl/α,β-unsaturated/α-hetero) is 1. The molecule has 0 radical (unpaired) electrons. The van der Waals surface area contributed by atoms with Gasteiger partial charge in [0.2, 0.25) is 11.5 Å². The van der Waals surface area contributed by atoms with Gasteiger partial charge >= 0.3 is 0 Å². The number of amides is 1. The molecule has 10 heteroatoms. The topological polar surface area (TPSA) is 110 Å². The molecule has 0 bridgehead atoms. The molecule has 1 aliphatic rings. The highest BCUT2D eigenvalue weighted by Crippen LogP contribution is 2.42. The summed E-state index contributed by atoms with van der Waals surface area (Å²) in [4.78, 5) is 28.9. The summed E-state index contributed by atoms with van der Waals surface area (Å²) < 4.78 is 29.4. The van der Waals surface area contributed by atoms with Crippen LogP contribution in [0.25, 0.3) is 6.08 Å². The van der Waals surface area contributed by atoms with Crippen LogP contribution < -0.4 is 29.0 Å². The summed E-state index contributed by atoms with van der Waals surface area (Å²) in [5.41, 5.74) is 0.984. The van der Waals surface area contributed by atoms with Gasteiger partial charge in [0.25, 0.3) is 5.91 Å². The summed E-state index contributed by atoms with van der Waals surface area (Å²) in [6.45, 7) is 0.900. The SMILES string of the molecule is COc1ccc(C=C2Oc3cc(OCC(=O)NCCn4ccnc4)ccc3C2=O)c(OC)c1OC. The van der Waals surface area contributed by atoms with Gasteiger partial charge in [0.15, 0.2) is 23.9 Å². The monoisotopic (exact) mass is 479 g/mol. The number of aromatic nitrogens is 2. The summed E-state index contributed by atoms with van der Waals surface area (Å²) in [5, 5.41) is 2.78. The quantitative estimate of drug-likeness (QED) is 0.442. The van der Waals surface area contributed by atoms with E-state index in [1.54, 1.807) is 48.9 Å². The number of benzene rings is 2. The number of carbonyl (C=O) groups excluding carboxylic acids is 2. The number of nitrogens with zero attached hydrogens (tertiary/aromatic N) is 2. The first-order valence-electron chi connectivity index (χ1n) is 10.8. The van der Waals surface area contributed by atoms with E-state index in [4.69, 9.17) is 23.7 Å². The standard InChI is InChI=1S/C25H25N3O7/c1-31-19-7-4-16(24(32-2)25(19)33-3)12-21-23(30)18-6-5-17(13-20(18)35-21)34-14-22(29)27-9-11-28-10-8-26-15-28/h4-8,10,12-13,15H,9,11,14H2,1-3H3,(H,27,29). The van der Waals surface area contributed by atoms with Gasteiger partial charge in [-0.05, 0) is 30.3 Å². The third-order valence-corrected chi connectivity index (χ3v) is 5.28. The van der Waals surface area contributed by atoms with Gasteiger partial charge in [-0.15, -0.1) is 0 Å². The molecule has 1 N–H and O–H groups in total. The van der Waals surface area contributed by atoms with Crippen molar-refractivity contribution < 1.29 is 33.3 Å². The van der Waals surface area contributed by atoms with E-state index in [1.165, 1.54) is 21.3 Å². The molecule has 1 aromatic heterocycles. The lowest BCUT2D eigenvalue weighted by molar-refractivity contribution is -0.123. The van der Waals surface area contributed by atoms with Gasteiger partial charge in [-0.3, -0.25) is 9.59 Å². The van der Waals surface area contributed by atoms with Gasteiger partial charge in [-0.1, -0.05) is 0 Å². The molecule has 2 aromatic carbocycles. The lowest BCUT2D eigenvalue weighted by atomic mass is 10.1. The lowest BCUT2D eigenvalue weighted by Gasteiger charge is -2.14. The van der Waals surface area contributed by atoms with Crippen LogP contribution in [0.3, 0.4) is 0 Å². The molecular formula is C25H25N3O7. The second-order valence-electron chi connectivity index (χ2n) is 7.46. The highest BCUT2D eigenvalue weighted by atomic mass is 16.5. The molecule has 0 atom stereocenters. The van der Waals surface area contributed by atoms with Gasteiger partial charge in [0.1, 0.15) is 11.5 Å². The van der Waals surface area contributed by atoms with Crippen molar-refractivity contribution in [3.8, 4) is 28.7 Å². The van der Waals surface area contributed by atoms with Crippen LogP contribution in [0.4, 0.5) is 0 Å². The molecule has 0 unspecified atom stereocenters. The Hall–Kier alpha value is -4.47. The fourth-order valence-corrected chi connectivity index (χ4v) is 3.58. The van der Waals surface area contributed by atoms with Crippen molar-refractivity contribution in [2.45, 2.75) is 6.54 Å². The maximum atomic E-state index is 12.9. The molecule has 0 saturated carbocycles. The number of rotatable bonds is 10. The minimum Gasteiger partial charge on any atom is -0.493 e. The molecule has 0 aliphatic carbocycles. The Bertz CT molecular complexity index is 1250. The molecular weight excluding hydrogens is 454 g/mol. The van der Waals surface area contributed by atoms with E-state index in [9.17, 15) is 9.59 Å². The molecule has 2 heterocycles. The minimum atomic E-state index is -0.277. The molecule has 4 rings (SSSR count). The van der Waals surface area contributed by atoms with Gasteiger partial charge in [-0.25, -0.2) is 4.98 Å². The Morgan fingerprint density at radius 2 is 1.94 bits per heavy atom. The van der Waals surface area contributed by atoms with Crippen molar-refractivity contribution in [2.75, 3.05) is 34.5 Å². The average molecular weight is 479 g/mol. The first-order valence-corrected chi connectivity index (χ1v) is 10.8. The number of ether oxygens (including phenoxy) is 5. The van der Waals surface area contributed by atoms with Gasteiger partial charge in [0.05, 0.1) is 33.2 Å². The number of ketones is 1. The van der Waals surface area contributed by atoms with Crippen LogP contribution in [0.5, 0.6) is 28.7 Å². The Balaban J connectivity index is 1.41. The van der Waals surface area contributed by atoms with Crippen LogP contribution >= 0.6 is 0 Å². The number of hydrogen-bond donors (Lipinski definition) is 1. The number of imidazole rings is 1. The number of nitrogens with one attached hydrogen (secondary N) is 1. The third-order valence-electron chi connectivity index (χ3n) is 5.28. The Kier molecular flexibility index (Phi) is 7.20. The first-order chi connectivity index (χ1) is 17.0. The van der Waals surface area contributed by atoms with Crippen LogP contribution in [0, 0.1) is 0 Å². The molecule has 1 aliphatic heterocycles. The summed E-state index contributed by atoms with van der Waals surface area (Å²) in [5.74, 6) is 1.66. The van der Waals surface area contributed by atoms with Crippen LogP contribution in [0.2, 0.25) is 0 Å². The first kappa shape index (κ1) is 23.7. The predicted octanol–water partition coefficient (Wildman–Crippen LogP) is 2.72. The summed E-state index contributed by atoms with van der Waals surface area (Å²) in [7, 11) is 4.54. The summed E-state index contributed by atoms with van der Waals surface area (Å²) in [6.07, 6.45) is 6.75. The largest absolute Gasteiger partial charge is 0.493 e. The molecule has 182 valence electrons. The fourth-order valence-electron chi connectivity index (χ4n) is 3.58.